The Morgan fingerprint density at radius 2 is 1.21 bits per heavy atom. The Morgan fingerprint density at radius 3 is 1.62 bits per heavy atom. The molecule has 0 fully saturated rings. The minimum absolute atomic E-state index is 0.0694. The molecule has 0 spiro atoms. The molecule has 1 atom stereocenters. The van der Waals surface area contributed by atoms with Crippen molar-refractivity contribution in [1.82, 2.24) is 10.3 Å². The zero-order valence-corrected chi connectivity index (χ0v) is 14.8. The number of allylic oxidation sites excluding steroid dienone is 2. The summed E-state index contributed by atoms with van der Waals surface area (Å²) in [5, 5.41) is 29.7. The smallest absolute Gasteiger partial charge is 0.233 e. The van der Waals surface area contributed by atoms with E-state index >= 15 is 0 Å². The maximum atomic E-state index is 11.8. The van der Waals surface area contributed by atoms with Gasteiger partial charge >= 0.3 is 5.23 Å². The highest BCUT2D eigenvalue weighted by atomic mass is 16.8. The molecule has 0 amide bonds. The lowest BCUT2D eigenvalue weighted by molar-refractivity contribution is -1.01. The van der Waals surface area contributed by atoms with Gasteiger partial charge in [0.25, 0.3) is 10.1 Å². The molecule has 3 rings (SSSR count). The van der Waals surface area contributed by atoms with Gasteiger partial charge in [0.2, 0.25) is 0 Å². The van der Waals surface area contributed by atoms with Crippen LogP contribution >= 0.6 is 0 Å². The van der Waals surface area contributed by atoms with Crippen LogP contribution in [0.25, 0.3) is 0 Å². The van der Waals surface area contributed by atoms with E-state index in [0.717, 1.165) is 0 Å². The van der Waals surface area contributed by atoms with Crippen molar-refractivity contribution in [2.45, 2.75) is 11.5 Å². The maximum absolute atomic E-state index is 11.8. The molecule has 0 heterocycles. The number of benzene rings is 2. The summed E-state index contributed by atoms with van der Waals surface area (Å²) in [6.45, 7) is 0. The van der Waals surface area contributed by atoms with Gasteiger partial charge in [-0.3, -0.25) is 0 Å². The molecule has 11 heteroatoms. The van der Waals surface area contributed by atoms with Crippen molar-refractivity contribution in [1.29, 1.82) is 0 Å². The van der Waals surface area contributed by atoms with E-state index < -0.39 is 31.8 Å². The van der Waals surface area contributed by atoms with Crippen LogP contribution in [0.4, 0.5) is 0 Å². The molecular weight excluding hydrogens is 382 g/mol. The van der Waals surface area contributed by atoms with E-state index in [4.69, 9.17) is 0 Å². The zero-order valence-electron chi connectivity index (χ0n) is 14.8. The van der Waals surface area contributed by atoms with Crippen LogP contribution in [0.1, 0.15) is 11.1 Å². The molecule has 0 saturated heterocycles. The van der Waals surface area contributed by atoms with Gasteiger partial charge in [0.15, 0.2) is 11.1 Å². The second-order valence-corrected chi connectivity index (χ2v) is 6.09. The number of hydrogen-bond donors (Lipinski definition) is 0. The topological polar surface area (TPSA) is 136 Å². The normalized spacial score (nSPS) is 16.8. The van der Waals surface area contributed by atoms with Crippen molar-refractivity contribution >= 4 is 0 Å². The number of hydrazine groups is 4. The molecule has 2 aromatic rings. The second-order valence-electron chi connectivity index (χ2n) is 6.09. The molecule has 0 N–H and O–H groups in total. The summed E-state index contributed by atoms with van der Waals surface area (Å²) in [6.07, 6.45) is 6.10. The van der Waals surface area contributed by atoms with E-state index in [1.165, 1.54) is 12.2 Å². The van der Waals surface area contributed by atoms with Crippen LogP contribution in [0.3, 0.4) is 0 Å². The van der Waals surface area contributed by atoms with E-state index in [-0.39, 0.29) is 5.12 Å². The first kappa shape index (κ1) is 19.5. The first-order valence-corrected chi connectivity index (χ1v) is 8.39. The number of rotatable bonds is 7. The standard InChI is InChI=1S/C18H15N5O6/c24-21(25)19(20(22(26)27)23(28)29)17-13-7-8-14-18(17,15-9-3-1-4-10-15)16-11-5-2-6-12-16/h1-14,17H. The second kappa shape index (κ2) is 7.76. The van der Waals surface area contributed by atoms with Crippen LogP contribution in [0.5, 0.6) is 0 Å². The number of nitrogens with zero attached hydrogens (tertiary/aromatic N) is 5. The molecule has 0 bridgehead atoms. The molecule has 29 heavy (non-hydrogen) atoms. The highest BCUT2D eigenvalue weighted by Crippen LogP contribution is 2.42. The highest BCUT2D eigenvalue weighted by Gasteiger charge is 2.57. The monoisotopic (exact) mass is 397 g/mol. The number of hydrogen-bond acceptors (Lipinski definition) is 6. The van der Waals surface area contributed by atoms with E-state index in [1.807, 2.05) is 0 Å². The predicted molar refractivity (Wildman–Crippen MR) is 100 cm³/mol. The molecule has 148 valence electrons. The molecule has 1 unspecified atom stereocenters. The third kappa shape index (κ3) is 3.36. The average Bonchev–Trinajstić information content (AvgIpc) is 2.72. The van der Waals surface area contributed by atoms with Gasteiger partial charge in [0.05, 0.1) is 10.5 Å². The quantitative estimate of drug-likeness (QED) is 0.513. The van der Waals surface area contributed by atoms with Gasteiger partial charge in [-0.25, -0.2) is 30.3 Å². The minimum atomic E-state index is -1.43. The van der Waals surface area contributed by atoms with Gasteiger partial charge in [-0.2, -0.15) is 0 Å². The molecule has 0 radical (unpaired) electrons. The van der Waals surface area contributed by atoms with Crippen molar-refractivity contribution in [2.24, 2.45) is 0 Å². The first-order valence-electron chi connectivity index (χ1n) is 8.39. The molecule has 0 aliphatic heterocycles. The Balaban J connectivity index is 2.30. The molecule has 11 nitrogen and oxygen atoms in total. The lowest BCUT2D eigenvalue weighted by Gasteiger charge is -2.39. The third-order valence-corrected chi connectivity index (χ3v) is 4.62. The molecule has 0 aromatic heterocycles. The molecular formula is C18H15N5O6. The largest absolute Gasteiger partial charge is 0.337 e. The number of nitro groups is 3. The van der Waals surface area contributed by atoms with Crippen LogP contribution in [-0.4, -0.2) is 31.5 Å². The molecule has 0 saturated carbocycles. The summed E-state index contributed by atoms with van der Waals surface area (Å²) in [7, 11) is 0. The Hall–Kier alpha value is -4.28. The molecule has 1 aliphatic rings. The first-order chi connectivity index (χ1) is 13.9. The fraction of sp³-hybridized carbons (Fsp3) is 0.111. The van der Waals surface area contributed by atoms with Gasteiger partial charge in [0.1, 0.15) is 0 Å². The molecule has 1 aliphatic carbocycles. The highest BCUT2D eigenvalue weighted by molar-refractivity contribution is 5.50. The van der Waals surface area contributed by atoms with E-state index in [0.29, 0.717) is 11.1 Å². The van der Waals surface area contributed by atoms with Crippen LogP contribution in [0, 0.1) is 30.3 Å². The van der Waals surface area contributed by atoms with Crippen molar-refractivity contribution in [3.63, 3.8) is 0 Å². The fourth-order valence-corrected chi connectivity index (χ4v) is 3.50. The maximum Gasteiger partial charge on any atom is 0.337 e. The predicted octanol–water partition coefficient (Wildman–Crippen LogP) is 2.56. The Kier molecular flexibility index (Phi) is 5.21. The van der Waals surface area contributed by atoms with Crippen LogP contribution in [0.2, 0.25) is 0 Å². The van der Waals surface area contributed by atoms with Crippen molar-refractivity contribution in [3.05, 3.63) is 126 Å². The van der Waals surface area contributed by atoms with Crippen molar-refractivity contribution in [2.75, 3.05) is 0 Å². The Morgan fingerprint density at radius 1 is 0.724 bits per heavy atom. The summed E-state index contributed by atoms with van der Waals surface area (Å²) in [5.41, 5.74) is -0.139. The van der Waals surface area contributed by atoms with Gasteiger partial charge in [-0.15, -0.1) is 0 Å². The van der Waals surface area contributed by atoms with E-state index in [2.05, 4.69) is 0 Å². The van der Waals surface area contributed by atoms with Crippen LogP contribution < -0.4 is 0 Å². The summed E-state index contributed by atoms with van der Waals surface area (Å²) in [5.74, 6) is 0. The van der Waals surface area contributed by atoms with Crippen molar-refractivity contribution < 1.29 is 15.1 Å². The average molecular weight is 397 g/mol. The Labute approximate surface area is 164 Å². The van der Waals surface area contributed by atoms with Gasteiger partial charge in [-0.05, 0) is 11.1 Å². The fourth-order valence-electron chi connectivity index (χ4n) is 3.50. The third-order valence-electron chi connectivity index (χ3n) is 4.62. The SMILES string of the molecule is O=[N+]([O-])N(C1C=CC=CC1(c1ccccc1)c1ccccc1)N([N+](=O)[O-])[N+](=O)[O-]. The van der Waals surface area contributed by atoms with Crippen molar-refractivity contribution in [3.8, 4) is 0 Å². The van der Waals surface area contributed by atoms with Crippen LogP contribution in [-0.2, 0) is 5.41 Å². The summed E-state index contributed by atoms with van der Waals surface area (Å²) >= 11 is 0. The molecule has 2 aromatic carbocycles. The van der Waals surface area contributed by atoms with E-state index in [1.54, 1.807) is 72.8 Å². The summed E-state index contributed by atoms with van der Waals surface area (Å²) in [4.78, 5) is 34.5. The lowest BCUT2D eigenvalue weighted by atomic mass is 9.67. The summed E-state index contributed by atoms with van der Waals surface area (Å²) in [6, 6.07) is 15.8. The van der Waals surface area contributed by atoms with E-state index in [9.17, 15) is 30.3 Å². The van der Waals surface area contributed by atoms with Gasteiger partial charge < -0.3 is 0 Å². The zero-order chi connectivity index (χ0) is 21.0. The van der Waals surface area contributed by atoms with Crippen LogP contribution in [0.15, 0.2) is 85.0 Å². The van der Waals surface area contributed by atoms with Gasteiger partial charge in [0, 0.05) is 0 Å². The minimum Gasteiger partial charge on any atom is -0.233 e. The lowest BCUT2D eigenvalue weighted by Crippen LogP contribution is -2.62. The van der Waals surface area contributed by atoms with Gasteiger partial charge in [-0.1, -0.05) is 85.0 Å². The summed E-state index contributed by atoms with van der Waals surface area (Å²) < 4.78 is 0. The Bertz CT molecular complexity index is 925.